The molecular formula is C11H21NO5. The van der Waals surface area contributed by atoms with Gasteiger partial charge in [0.15, 0.2) is 0 Å². The van der Waals surface area contributed by atoms with Crippen molar-refractivity contribution in [1.29, 1.82) is 0 Å². The maximum absolute atomic E-state index is 11.0. The Kier molecular flexibility index (Phi) is 9.14. The highest BCUT2D eigenvalue weighted by Crippen LogP contribution is 1.98. The first kappa shape index (κ1) is 15.7. The highest BCUT2D eigenvalue weighted by Gasteiger charge is 2.16. The van der Waals surface area contributed by atoms with Gasteiger partial charge in [0.1, 0.15) is 0 Å². The van der Waals surface area contributed by atoms with Crippen LogP contribution in [0, 0.1) is 0 Å². The average Bonchev–Trinajstić information content (AvgIpc) is 2.31. The average molecular weight is 247 g/mol. The largest absolute Gasteiger partial charge is 0.466 e. The van der Waals surface area contributed by atoms with Crippen LogP contribution in [-0.4, -0.2) is 56.5 Å². The third kappa shape index (κ3) is 8.50. The van der Waals surface area contributed by atoms with Crippen molar-refractivity contribution in [3.63, 3.8) is 0 Å². The lowest BCUT2D eigenvalue weighted by Crippen LogP contribution is -2.40. The predicted molar refractivity (Wildman–Crippen MR) is 61.7 cm³/mol. The molecule has 1 rings (SSSR count). The van der Waals surface area contributed by atoms with Gasteiger partial charge < -0.3 is 19.1 Å². The topological polar surface area (TPSA) is 65.1 Å². The number of morpholine rings is 1. The molecule has 100 valence electrons. The highest BCUT2D eigenvalue weighted by molar-refractivity contribution is 5.67. The summed E-state index contributed by atoms with van der Waals surface area (Å²) < 4.78 is 14.3. The molecule has 0 N–H and O–H groups in total. The molecule has 0 aromatic heterocycles. The van der Waals surface area contributed by atoms with E-state index < -0.39 is 0 Å². The molecule has 1 amide bonds. The lowest BCUT2D eigenvalue weighted by Gasteiger charge is -2.25. The molecule has 6 nitrogen and oxygen atoms in total. The van der Waals surface area contributed by atoms with Crippen molar-refractivity contribution in [3.05, 3.63) is 0 Å². The monoisotopic (exact) mass is 247 g/mol. The molecule has 0 unspecified atom stereocenters. The smallest absolute Gasteiger partial charge is 0.409 e. The number of nitrogens with zero attached hydrogens (tertiary/aromatic N) is 1. The Morgan fingerprint density at radius 3 is 2.00 bits per heavy atom. The fourth-order valence-corrected chi connectivity index (χ4v) is 1.16. The molecule has 1 aliphatic rings. The summed E-state index contributed by atoms with van der Waals surface area (Å²) in [4.78, 5) is 22.5. The zero-order chi connectivity index (χ0) is 13.1. The number of esters is 1. The molecule has 0 atom stereocenters. The van der Waals surface area contributed by atoms with Crippen molar-refractivity contribution in [2.24, 2.45) is 0 Å². The fraction of sp³-hybridized carbons (Fsp3) is 0.818. The van der Waals surface area contributed by atoms with Crippen molar-refractivity contribution >= 4 is 12.1 Å². The van der Waals surface area contributed by atoms with E-state index in [1.165, 1.54) is 6.92 Å². The van der Waals surface area contributed by atoms with Crippen LogP contribution in [0.15, 0.2) is 0 Å². The molecule has 1 saturated heterocycles. The Bertz CT molecular complexity index is 226. The van der Waals surface area contributed by atoms with Crippen LogP contribution in [0.25, 0.3) is 0 Å². The summed E-state index contributed by atoms with van der Waals surface area (Å²) in [6.07, 6.45) is -0.226. The zero-order valence-corrected chi connectivity index (χ0v) is 10.7. The molecule has 0 bridgehead atoms. The second kappa shape index (κ2) is 9.89. The van der Waals surface area contributed by atoms with E-state index in [2.05, 4.69) is 4.74 Å². The predicted octanol–water partition coefficient (Wildman–Crippen LogP) is 1.04. The number of carbonyl (C=O) groups is 2. The van der Waals surface area contributed by atoms with E-state index in [4.69, 9.17) is 9.47 Å². The Balaban J connectivity index is 0.000000366. The van der Waals surface area contributed by atoms with E-state index >= 15 is 0 Å². The van der Waals surface area contributed by atoms with Gasteiger partial charge in [0, 0.05) is 20.0 Å². The van der Waals surface area contributed by atoms with Crippen LogP contribution in [0.2, 0.25) is 0 Å². The summed E-state index contributed by atoms with van der Waals surface area (Å²) in [6, 6.07) is 0. The summed E-state index contributed by atoms with van der Waals surface area (Å²) in [7, 11) is 0. The molecule has 0 aromatic rings. The van der Waals surface area contributed by atoms with Crippen molar-refractivity contribution in [3.8, 4) is 0 Å². The van der Waals surface area contributed by atoms with Gasteiger partial charge in [-0.1, -0.05) is 0 Å². The minimum absolute atomic E-state index is 0.211. The number of carbonyl (C=O) groups excluding carboxylic acids is 2. The van der Waals surface area contributed by atoms with E-state index in [1.54, 1.807) is 18.7 Å². The highest BCUT2D eigenvalue weighted by atomic mass is 16.6. The quantitative estimate of drug-likeness (QED) is 0.682. The minimum atomic E-state index is -0.226. The minimum Gasteiger partial charge on any atom is -0.466 e. The van der Waals surface area contributed by atoms with Gasteiger partial charge in [-0.2, -0.15) is 0 Å². The maximum atomic E-state index is 11.0. The third-order valence-electron chi connectivity index (χ3n) is 1.88. The Hall–Kier alpha value is -1.30. The summed E-state index contributed by atoms with van der Waals surface area (Å²) >= 11 is 0. The van der Waals surface area contributed by atoms with Crippen LogP contribution in [0.1, 0.15) is 20.8 Å². The van der Waals surface area contributed by atoms with Gasteiger partial charge in [-0.05, 0) is 13.8 Å². The second-order valence-electron chi connectivity index (χ2n) is 3.22. The molecule has 0 radical (unpaired) electrons. The molecule has 0 aromatic carbocycles. The summed E-state index contributed by atoms with van der Waals surface area (Å²) in [6.45, 7) is 8.45. The van der Waals surface area contributed by atoms with Crippen LogP contribution in [0.5, 0.6) is 0 Å². The van der Waals surface area contributed by atoms with Crippen molar-refractivity contribution in [1.82, 2.24) is 4.90 Å². The summed E-state index contributed by atoms with van der Waals surface area (Å²) in [5, 5.41) is 0. The first-order chi connectivity index (χ1) is 8.11. The fourth-order valence-electron chi connectivity index (χ4n) is 1.16. The van der Waals surface area contributed by atoms with Gasteiger partial charge in [0.2, 0.25) is 0 Å². The Morgan fingerprint density at radius 1 is 1.12 bits per heavy atom. The first-order valence-electron chi connectivity index (χ1n) is 5.74. The van der Waals surface area contributed by atoms with Gasteiger partial charge >= 0.3 is 12.1 Å². The Labute approximate surface area is 102 Å². The van der Waals surface area contributed by atoms with Crippen LogP contribution in [0.4, 0.5) is 4.79 Å². The Morgan fingerprint density at radius 2 is 1.65 bits per heavy atom. The molecule has 17 heavy (non-hydrogen) atoms. The van der Waals surface area contributed by atoms with Gasteiger partial charge in [0.25, 0.3) is 0 Å². The first-order valence-corrected chi connectivity index (χ1v) is 5.74. The molecule has 1 fully saturated rings. The normalized spacial score (nSPS) is 14.4. The van der Waals surface area contributed by atoms with Gasteiger partial charge in [-0.25, -0.2) is 4.79 Å². The number of ether oxygens (including phenoxy) is 3. The van der Waals surface area contributed by atoms with Crippen LogP contribution in [0.3, 0.4) is 0 Å². The van der Waals surface area contributed by atoms with Crippen molar-refractivity contribution in [2.45, 2.75) is 20.8 Å². The zero-order valence-electron chi connectivity index (χ0n) is 10.7. The van der Waals surface area contributed by atoms with Gasteiger partial charge in [-0.3, -0.25) is 4.79 Å². The van der Waals surface area contributed by atoms with E-state index in [0.29, 0.717) is 39.5 Å². The molecule has 0 aliphatic carbocycles. The number of hydrogen-bond acceptors (Lipinski definition) is 5. The van der Waals surface area contributed by atoms with E-state index in [9.17, 15) is 9.59 Å². The van der Waals surface area contributed by atoms with Gasteiger partial charge in [-0.15, -0.1) is 0 Å². The van der Waals surface area contributed by atoms with E-state index in [0.717, 1.165) is 0 Å². The van der Waals surface area contributed by atoms with E-state index in [1.807, 2.05) is 0 Å². The standard InChI is InChI=1S/C7H13NO3.C4H8O2/c1-2-11-7(9)8-3-5-10-6-4-8;1-3-6-4(2)5/h2-6H2,1H3;3H2,1-2H3. The molecule has 0 saturated carbocycles. The van der Waals surface area contributed by atoms with Crippen LogP contribution < -0.4 is 0 Å². The molecule has 1 aliphatic heterocycles. The van der Waals surface area contributed by atoms with Gasteiger partial charge in [0.05, 0.1) is 26.4 Å². The maximum Gasteiger partial charge on any atom is 0.409 e. The SMILES string of the molecule is CCOC(=O)N1CCOCC1.CCOC(C)=O. The summed E-state index contributed by atoms with van der Waals surface area (Å²) in [5.41, 5.74) is 0. The molecular weight excluding hydrogens is 226 g/mol. The molecule has 0 spiro atoms. The number of hydrogen-bond donors (Lipinski definition) is 0. The number of rotatable bonds is 2. The number of amides is 1. The summed E-state index contributed by atoms with van der Waals surface area (Å²) in [5.74, 6) is -0.211. The molecule has 6 heteroatoms. The second-order valence-corrected chi connectivity index (χ2v) is 3.22. The third-order valence-corrected chi connectivity index (χ3v) is 1.88. The lowest BCUT2D eigenvalue weighted by molar-refractivity contribution is -0.140. The van der Waals surface area contributed by atoms with E-state index in [-0.39, 0.29) is 12.1 Å². The van der Waals surface area contributed by atoms with Crippen molar-refractivity contribution < 1.29 is 23.8 Å². The lowest BCUT2D eigenvalue weighted by atomic mass is 10.5. The van der Waals surface area contributed by atoms with Crippen LogP contribution >= 0.6 is 0 Å². The van der Waals surface area contributed by atoms with Crippen LogP contribution in [-0.2, 0) is 19.0 Å². The van der Waals surface area contributed by atoms with Crippen molar-refractivity contribution in [2.75, 3.05) is 39.5 Å². The molecule has 1 heterocycles.